The minimum atomic E-state index is -1.37. The molecule has 35 heavy (non-hydrogen) atoms. The summed E-state index contributed by atoms with van der Waals surface area (Å²) in [5.74, 6) is -0.765. The Hall–Kier alpha value is -3.82. The largest absolute Gasteiger partial charge is 0.396 e. The number of aromatic nitrogens is 2. The summed E-state index contributed by atoms with van der Waals surface area (Å²) in [4.78, 5) is 20.0. The number of pyridine rings is 2. The van der Waals surface area contributed by atoms with Crippen molar-refractivity contribution in [3.05, 3.63) is 76.6 Å². The molecule has 2 heterocycles. The maximum Gasteiger partial charge on any atom is 0.291 e. The molecule has 0 radical (unpaired) electrons. The van der Waals surface area contributed by atoms with E-state index >= 15 is 0 Å². The minimum absolute atomic E-state index is 0.0429. The number of fused-ring (bicyclic) bond motifs is 2. The molecule has 9 heteroatoms. The second-order valence-corrected chi connectivity index (χ2v) is 9.70. The van der Waals surface area contributed by atoms with Crippen LogP contribution in [0.5, 0.6) is 0 Å². The van der Waals surface area contributed by atoms with Gasteiger partial charge in [0.05, 0.1) is 44.7 Å². The number of nitrogen functional groups attached to an aromatic ring is 1. The smallest absolute Gasteiger partial charge is 0.291 e. The number of hydrogen-bond acceptors (Lipinski definition) is 8. The van der Waals surface area contributed by atoms with Crippen LogP contribution >= 0.6 is 0 Å². The first kappa shape index (κ1) is 24.3. The van der Waals surface area contributed by atoms with E-state index in [0.29, 0.717) is 27.8 Å². The fourth-order valence-corrected chi connectivity index (χ4v) is 4.51. The lowest BCUT2D eigenvalue weighted by molar-refractivity contribution is -0.386. The number of nitrogens with two attached hydrogens (primary N) is 1. The minimum Gasteiger partial charge on any atom is -0.396 e. The molecule has 4 aromatic rings. The number of benzene rings is 2. The van der Waals surface area contributed by atoms with Crippen molar-refractivity contribution in [2.24, 2.45) is 0 Å². The third kappa shape index (κ3) is 5.01. The van der Waals surface area contributed by atoms with Crippen molar-refractivity contribution < 1.29 is 15.1 Å². The van der Waals surface area contributed by atoms with E-state index in [4.69, 9.17) is 5.73 Å². The Morgan fingerprint density at radius 2 is 1.57 bits per heavy atom. The molecule has 4 rings (SSSR count). The number of nitrogens with one attached hydrogen (secondary N) is 1. The van der Waals surface area contributed by atoms with Gasteiger partial charge in [-0.15, -0.1) is 0 Å². The highest BCUT2D eigenvalue weighted by atomic mass is 16.6. The average Bonchev–Trinajstić information content (AvgIpc) is 2.80. The van der Waals surface area contributed by atoms with Gasteiger partial charge in [0.15, 0.2) is 0 Å². The van der Waals surface area contributed by atoms with E-state index in [2.05, 4.69) is 15.3 Å². The van der Waals surface area contributed by atoms with Gasteiger partial charge in [0.2, 0.25) is 0 Å². The van der Waals surface area contributed by atoms with E-state index in [1.54, 1.807) is 51.2 Å². The van der Waals surface area contributed by atoms with Crippen molar-refractivity contribution in [3.63, 3.8) is 0 Å². The van der Waals surface area contributed by atoms with Crippen LogP contribution in [0.15, 0.2) is 60.9 Å². The molecule has 5 N–H and O–H groups in total. The molecule has 0 bridgehead atoms. The summed E-state index contributed by atoms with van der Waals surface area (Å²) in [5, 5.41) is 39.1. The van der Waals surface area contributed by atoms with Crippen molar-refractivity contribution in [2.45, 2.75) is 44.3 Å². The SMILES string of the molecule is CC(O)(CNc1c(N)cnc2ccccc12)CC(c1c([N+](=O)[O-])cnc2ccccc12)C(C)(C)O. The zero-order valence-electron chi connectivity index (χ0n) is 19.9. The second-order valence-electron chi connectivity index (χ2n) is 9.70. The lowest BCUT2D eigenvalue weighted by atomic mass is 9.75. The van der Waals surface area contributed by atoms with Crippen molar-refractivity contribution in [3.8, 4) is 0 Å². The molecule has 0 aliphatic carbocycles. The monoisotopic (exact) mass is 475 g/mol. The Kier molecular flexibility index (Phi) is 6.31. The number of rotatable bonds is 8. The van der Waals surface area contributed by atoms with Gasteiger partial charge in [-0.2, -0.15) is 0 Å². The molecular formula is C26H29N5O4. The Labute approximate surface area is 202 Å². The van der Waals surface area contributed by atoms with Gasteiger partial charge < -0.3 is 21.3 Å². The van der Waals surface area contributed by atoms with Gasteiger partial charge in [-0.05, 0) is 39.3 Å². The number of hydrogen-bond donors (Lipinski definition) is 4. The van der Waals surface area contributed by atoms with Gasteiger partial charge in [0, 0.05) is 28.8 Å². The molecule has 2 unspecified atom stereocenters. The predicted octanol–water partition coefficient (Wildman–Crippen LogP) is 4.38. The number of anilines is 2. The van der Waals surface area contributed by atoms with Crippen LogP contribution in [0.2, 0.25) is 0 Å². The van der Waals surface area contributed by atoms with Gasteiger partial charge in [-0.3, -0.25) is 15.1 Å². The Morgan fingerprint density at radius 3 is 2.20 bits per heavy atom. The van der Waals surface area contributed by atoms with Crippen molar-refractivity contribution in [1.82, 2.24) is 9.97 Å². The summed E-state index contributed by atoms with van der Waals surface area (Å²) in [6.07, 6.45) is 2.82. The zero-order chi connectivity index (χ0) is 25.4. The van der Waals surface area contributed by atoms with Crippen LogP contribution in [0.4, 0.5) is 17.1 Å². The summed E-state index contributed by atoms with van der Waals surface area (Å²) in [6.45, 7) is 4.91. The number of nitro groups is 1. The number of para-hydroxylation sites is 2. The van der Waals surface area contributed by atoms with Gasteiger partial charge in [-0.25, -0.2) is 4.98 Å². The molecule has 0 saturated carbocycles. The van der Waals surface area contributed by atoms with Crippen LogP contribution in [-0.4, -0.2) is 42.9 Å². The summed E-state index contributed by atoms with van der Waals surface area (Å²) in [5.41, 5.74) is 6.02. The van der Waals surface area contributed by atoms with Gasteiger partial charge >= 0.3 is 0 Å². The van der Waals surface area contributed by atoms with Gasteiger partial charge in [-0.1, -0.05) is 36.4 Å². The molecule has 182 valence electrons. The van der Waals surface area contributed by atoms with E-state index in [-0.39, 0.29) is 18.7 Å². The Morgan fingerprint density at radius 1 is 1.00 bits per heavy atom. The molecule has 9 nitrogen and oxygen atoms in total. The molecule has 2 aromatic carbocycles. The van der Waals surface area contributed by atoms with Crippen LogP contribution in [0, 0.1) is 10.1 Å². The van der Waals surface area contributed by atoms with Crippen molar-refractivity contribution >= 4 is 38.9 Å². The van der Waals surface area contributed by atoms with Crippen molar-refractivity contribution in [1.29, 1.82) is 0 Å². The third-order valence-electron chi connectivity index (χ3n) is 6.29. The standard InChI is InChI=1S/C26H29N5O4/c1-25(2,32)18(23-16-8-4-6-10-20(16)29-14-22(23)31(34)35)12-26(3,33)15-30-24-17-9-5-7-11-21(17)28-13-19(24)27/h4-11,13-14,18,32-33H,12,15,27H2,1-3H3,(H,28,30). The van der Waals surface area contributed by atoms with E-state index in [0.717, 1.165) is 10.9 Å². The maximum absolute atomic E-state index is 11.9. The highest BCUT2D eigenvalue weighted by molar-refractivity contribution is 5.96. The zero-order valence-corrected chi connectivity index (χ0v) is 19.9. The van der Waals surface area contributed by atoms with Crippen LogP contribution in [-0.2, 0) is 0 Å². The highest BCUT2D eigenvalue weighted by Gasteiger charge is 2.40. The molecule has 0 fully saturated rings. The normalized spacial score (nSPS) is 14.5. The first-order chi connectivity index (χ1) is 16.5. The lowest BCUT2D eigenvalue weighted by Crippen LogP contribution is -2.41. The molecule has 0 spiro atoms. The second kappa shape index (κ2) is 9.09. The molecule has 0 amide bonds. The summed E-state index contributed by atoms with van der Waals surface area (Å²) in [7, 11) is 0. The summed E-state index contributed by atoms with van der Waals surface area (Å²) < 4.78 is 0. The predicted molar refractivity (Wildman–Crippen MR) is 137 cm³/mol. The average molecular weight is 476 g/mol. The number of nitrogens with zero attached hydrogens (tertiary/aromatic N) is 3. The molecule has 0 aliphatic rings. The van der Waals surface area contributed by atoms with E-state index in [1.807, 2.05) is 24.3 Å². The van der Waals surface area contributed by atoms with Crippen LogP contribution in [0.3, 0.4) is 0 Å². The fourth-order valence-electron chi connectivity index (χ4n) is 4.51. The molecular weight excluding hydrogens is 446 g/mol. The van der Waals surface area contributed by atoms with E-state index in [1.165, 1.54) is 6.20 Å². The first-order valence-electron chi connectivity index (χ1n) is 11.3. The number of aliphatic hydroxyl groups is 2. The van der Waals surface area contributed by atoms with E-state index < -0.39 is 22.0 Å². The Balaban J connectivity index is 1.71. The van der Waals surface area contributed by atoms with Crippen LogP contribution in [0.25, 0.3) is 21.8 Å². The molecule has 0 aliphatic heterocycles. The molecule has 0 saturated heterocycles. The lowest BCUT2D eigenvalue weighted by Gasteiger charge is -2.36. The Bertz CT molecular complexity index is 1400. The summed E-state index contributed by atoms with van der Waals surface area (Å²) in [6, 6.07) is 14.6. The first-order valence-corrected chi connectivity index (χ1v) is 11.3. The summed E-state index contributed by atoms with van der Waals surface area (Å²) >= 11 is 0. The fraction of sp³-hybridized carbons (Fsp3) is 0.308. The van der Waals surface area contributed by atoms with E-state index in [9.17, 15) is 20.3 Å². The van der Waals surface area contributed by atoms with Crippen LogP contribution in [0.1, 0.15) is 38.7 Å². The quantitative estimate of drug-likeness (QED) is 0.217. The third-order valence-corrected chi connectivity index (χ3v) is 6.29. The van der Waals surface area contributed by atoms with Gasteiger partial charge in [0.1, 0.15) is 6.20 Å². The van der Waals surface area contributed by atoms with Crippen molar-refractivity contribution in [2.75, 3.05) is 17.6 Å². The highest BCUT2D eigenvalue weighted by Crippen LogP contribution is 2.43. The van der Waals surface area contributed by atoms with Crippen LogP contribution < -0.4 is 11.1 Å². The maximum atomic E-state index is 11.9. The topological polar surface area (TPSA) is 147 Å². The van der Waals surface area contributed by atoms with Gasteiger partial charge in [0.25, 0.3) is 5.69 Å². The molecule has 2 atom stereocenters. The molecule has 2 aromatic heterocycles.